The van der Waals surface area contributed by atoms with Crippen LogP contribution in [0.1, 0.15) is 37.6 Å². The summed E-state index contributed by atoms with van der Waals surface area (Å²) >= 11 is 0. The highest BCUT2D eigenvalue weighted by atomic mass is 16.3. The molecule has 4 heteroatoms. The lowest BCUT2D eigenvalue weighted by Crippen LogP contribution is -2.11. The summed E-state index contributed by atoms with van der Waals surface area (Å²) in [6.07, 6.45) is 1.93. The number of hydrogen-bond donors (Lipinski definition) is 0. The second-order valence-corrected chi connectivity index (χ2v) is 11.7. The van der Waals surface area contributed by atoms with E-state index >= 15 is 0 Å². The molecule has 0 aliphatic carbocycles. The molecule has 0 unspecified atom stereocenters. The maximum Gasteiger partial charge on any atom is 0.145 e. The van der Waals surface area contributed by atoms with Crippen LogP contribution in [0.25, 0.3) is 61.2 Å². The molecule has 3 heterocycles. The monoisotopic (exact) mass is 521 g/mol. The van der Waals surface area contributed by atoms with Gasteiger partial charge >= 0.3 is 0 Å². The second-order valence-electron chi connectivity index (χ2n) is 11.7. The van der Waals surface area contributed by atoms with Crippen molar-refractivity contribution in [2.75, 3.05) is 0 Å². The number of furan rings is 1. The SMILES string of the molecule is Cc1ccc2c(c1)oc1cc(-c3nc4cc(C)ncc4n3-c3ccc(C(C)(C)C)cc3)cc(-c3ccccc3)c12. The van der Waals surface area contributed by atoms with Gasteiger partial charge in [-0.15, -0.1) is 0 Å². The van der Waals surface area contributed by atoms with Gasteiger partial charge in [-0.05, 0) is 77.9 Å². The Kier molecular flexibility index (Phi) is 5.43. The fourth-order valence-electron chi connectivity index (χ4n) is 5.63. The first-order valence-corrected chi connectivity index (χ1v) is 13.7. The van der Waals surface area contributed by atoms with Gasteiger partial charge in [0.15, 0.2) is 0 Å². The average Bonchev–Trinajstić information content (AvgIpc) is 3.50. The van der Waals surface area contributed by atoms with Crippen molar-refractivity contribution < 1.29 is 4.42 Å². The Morgan fingerprint density at radius 1 is 0.750 bits per heavy atom. The first kappa shape index (κ1) is 24.3. The van der Waals surface area contributed by atoms with Crippen LogP contribution in [-0.4, -0.2) is 14.5 Å². The third-order valence-electron chi connectivity index (χ3n) is 7.74. The van der Waals surface area contributed by atoms with Crippen molar-refractivity contribution in [1.29, 1.82) is 0 Å². The summed E-state index contributed by atoms with van der Waals surface area (Å²) in [6, 6.07) is 32.2. The van der Waals surface area contributed by atoms with E-state index in [9.17, 15) is 0 Å². The van der Waals surface area contributed by atoms with Crippen LogP contribution in [-0.2, 0) is 5.41 Å². The molecule has 7 rings (SSSR count). The summed E-state index contributed by atoms with van der Waals surface area (Å²) in [6.45, 7) is 10.8. The van der Waals surface area contributed by atoms with Gasteiger partial charge in [-0.2, -0.15) is 0 Å². The van der Waals surface area contributed by atoms with E-state index in [2.05, 4.69) is 128 Å². The van der Waals surface area contributed by atoms with Crippen molar-refractivity contribution in [3.05, 3.63) is 114 Å². The van der Waals surface area contributed by atoms with Crippen molar-refractivity contribution in [2.24, 2.45) is 0 Å². The topological polar surface area (TPSA) is 43.9 Å². The van der Waals surface area contributed by atoms with E-state index in [1.54, 1.807) is 0 Å². The Morgan fingerprint density at radius 2 is 1.52 bits per heavy atom. The van der Waals surface area contributed by atoms with E-state index in [1.165, 1.54) is 11.1 Å². The van der Waals surface area contributed by atoms with Crippen LogP contribution in [0.15, 0.2) is 102 Å². The first-order valence-electron chi connectivity index (χ1n) is 13.7. The summed E-state index contributed by atoms with van der Waals surface area (Å²) in [5.41, 5.74) is 11.5. The zero-order valence-corrected chi connectivity index (χ0v) is 23.5. The van der Waals surface area contributed by atoms with Crippen LogP contribution >= 0.6 is 0 Å². The number of benzene rings is 4. The lowest BCUT2D eigenvalue weighted by molar-refractivity contribution is 0.590. The number of aromatic nitrogens is 3. The molecule has 4 nitrogen and oxygen atoms in total. The van der Waals surface area contributed by atoms with Gasteiger partial charge in [-0.25, -0.2) is 4.98 Å². The van der Waals surface area contributed by atoms with Crippen molar-refractivity contribution in [2.45, 2.75) is 40.0 Å². The molecule has 4 aromatic carbocycles. The number of rotatable bonds is 3. The summed E-state index contributed by atoms with van der Waals surface area (Å²) in [5.74, 6) is 0.863. The van der Waals surface area contributed by atoms with Crippen LogP contribution in [0, 0.1) is 13.8 Å². The zero-order valence-electron chi connectivity index (χ0n) is 23.5. The van der Waals surface area contributed by atoms with Crippen LogP contribution in [0.5, 0.6) is 0 Å². The first-order chi connectivity index (χ1) is 19.3. The van der Waals surface area contributed by atoms with Gasteiger partial charge < -0.3 is 4.42 Å². The van der Waals surface area contributed by atoms with E-state index < -0.39 is 0 Å². The third kappa shape index (κ3) is 3.99. The minimum Gasteiger partial charge on any atom is -0.456 e. The Labute approximate surface area is 233 Å². The molecule has 0 fully saturated rings. The van der Waals surface area contributed by atoms with E-state index in [0.29, 0.717) is 0 Å². The molecule has 0 saturated heterocycles. The van der Waals surface area contributed by atoms with Gasteiger partial charge in [0.05, 0.1) is 17.2 Å². The van der Waals surface area contributed by atoms with Crippen LogP contribution in [0.2, 0.25) is 0 Å². The predicted octanol–water partition coefficient (Wildman–Crippen LogP) is 9.57. The molecule has 0 spiro atoms. The van der Waals surface area contributed by atoms with Gasteiger partial charge in [0, 0.05) is 27.7 Å². The van der Waals surface area contributed by atoms with E-state index in [1.807, 2.05) is 13.1 Å². The molecule has 0 N–H and O–H groups in total. The highest BCUT2D eigenvalue weighted by molar-refractivity contribution is 6.13. The Hall–Kier alpha value is -4.70. The molecular formula is C36H31N3O. The normalized spacial score (nSPS) is 12.1. The van der Waals surface area contributed by atoms with Crippen molar-refractivity contribution in [1.82, 2.24) is 14.5 Å². The highest BCUT2D eigenvalue weighted by Gasteiger charge is 2.21. The van der Waals surface area contributed by atoms with Crippen LogP contribution in [0.4, 0.5) is 0 Å². The van der Waals surface area contributed by atoms with Crippen molar-refractivity contribution in [3.63, 3.8) is 0 Å². The standard InChI is InChI=1S/C36H31N3O/c1-22-11-16-28-32(17-22)40-33-20-25(19-29(34(28)33)24-9-7-6-8-10-24)35-38-30-18-23(2)37-21-31(30)39(35)27-14-12-26(13-15-27)36(3,4)5/h6-21H,1-5H3. The van der Waals surface area contributed by atoms with Crippen molar-refractivity contribution >= 4 is 33.0 Å². The maximum absolute atomic E-state index is 6.50. The largest absolute Gasteiger partial charge is 0.456 e. The fourth-order valence-corrected chi connectivity index (χ4v) is 5.63. The van der Waals surface area contributed by atoms with E-state index in [4.69, 9.17) is 9.40 Å². The summed E-state index contributed by atoms with van der Waals surface area (Å²) in [4.78, 5) is 9.81. The zero-order chi connectivity index (χ0) is 27.6. The lowest BCUT2D eigenvalue weighted by atomic mass is 9.87. The number of fused-ring (bicyclic) bond motifs is 4. The number of imidazole rings is 1. The molecule has 196 valence electrons. The molecule has 0 radical (unpaired) electrons. The average molecular weight is 522 g/mol. The molecular weight excluding hydrogens is 490 g/mol. The second kappa shape index (κ2) is 8.92. The van der Waals surface area contributed by atoms with Gasteiger partial charge in [-0.3, -0.25) is 9.55 Å². The van der Waals surface area contributed by atoms with Gasteiger partial charge in [0.1, 0.15) is 17.0 Å². The Balaban J connectivity index is 1.54. The van der Waals surface area contributed by atoms with Crippen LogP contribution in [0.3, 0.4) is 0 Å². The summed E-state index contributed by atoms with van der Waals surface area (Å²) in [7, 11) is 0. The number of aryl methyl sites for hydroxylation is 2. The molecule has 7 aromatic rings. The molecule has 0 bridgehead atoms. The quantitative estimate of drug-likeness (QED) is 0.232. The molecule has 0 atom stereocenters. The molecule has 0 aliphatic heterocycles. The highest BCUT2D eigenvalue weighted by Crippen LogP contribution is 2.41. The molecule has 0 aliphatic rings. The van der Waals surface area contributed by atoms with Crippen molar-refractivity contribution in [3.8, 4) is 28.2 Å². The predicted molar refractivity (Wildman–Crippen MR) is 165 cm³/mol. The lowest BCUT2D eigenvalue weighted by Gasteiger charge is -2.19. The number of pyridine rings is 1. The molecule has 0 saturated carbocycles. The Bertz CT molecular complexity index is 2040. The molecule has 0 amide bonds. The number of nitrogens with zero attached hydrogens (tertiary/aromatic N) is 3. The fraction of sp³-hybridized carbons (Fsp3) is 0.167. The van der Waals surface area contributed by atoms with Gasteiger partial charge in [-0.1, -0.05) is 75.4 Å². The molecule has 40 heavy (non-hydrogen) atoms. The molecule has 3 aromatic heterocycles. The minimum atomic E-state index is 0.0757. The summed E-state index contributed by atoms with van der Waals surface area (Å²) < 4.78 is 8.72. The Morgan fingerprint density at radius 3 is 2.27 bits per heavy atom. The maximum atomic E-state index is 6.50. The van der Waals surface area contributed by atoms with E-state index in [-0.39, 0.29) is 5.41 Å². The van der Waals surface area contributed by atoms with Gasteiger partial charge in [0.25, 0.3) is 0 Å². The van der Waals surface area contributed by atoms with Crippen LogP contribution < -0.4 is 0 Å². The third-order valence-corrected chi connectivity index (χ3v) is 7.74. The summed E-state index contributed by atoms with van der Waals surface area (Å²) in [5, 5.41) is 2.25. The number of hydrogen-bond acceptors (Lipinski definition) is 3. The van der Waals surface area contributed by atoms with Gasteiger partial charge in [0.2, 0.25) is 0 Å². The smallest absolute Gasteiger partial charge is 0.145 e. The van der Waals surface area contributed by atoms with E-state index in [0.717, 1.165) is 66.9 Å². The minimum absolute atomic E-state index is 0.0757.